The molecule has 2 amide bonds. The molecule has 0 radical (unpaired) electrons. The molecule has 1 unspecified atom stereocenters. The molecular formula is C21H30N4O4. The number of carbonyl (C=O) groups excluding carboxylic acids is 2. The summed E-state index contributed by atoms with van der Waals surface area (Å²) < 4.78 is 11.1. The maximum Gasteiger partial charge on any atom is 0.416 e. The molecule has 0 N–H and O–H groups in total. The zero-order valence-electron chi connectivity index (χ0n) is 17.5. The molecule has 0 saturated carbocycles. The van der Waals surface area contributed by atoms with Crippen LogP contribution in [-0.4, -0.2) is 65.3 Å². The Bertz CT molecular complexity index is 785. The van der Waals surface area contributed by atoms with E-state index in [-0.39, 0.29) is 17.9 Å². The first-order valence-corrected chi connectivity index (χ1v) is 10.5. The third-order valence-electron chi connectivity index (χ3n) is 6.06. The van der Waals surface area contributed by atoms with Gasteiger partial charge in [0, 0.05) is 43.5 Å². The van der Waals surface area contributed by atoms with Gasteiger partial charge in [-0.3, -0.25) is 14.7 Å². The number of aromatic nitrogens is 2. The van der Waals surface area contributed by atoms with Gasteiger partial charge < -0.3 is 14.4 Å². The van der Waals surface area contributed by atoms with Crippen LogP contribution >= 0.6 is 0 Å². The third kappa shape index (κ3) is 4.08. The van der Waals surface area contributed by atoms with E-state index in [4.69, 9.17) is 14.5 Å². The molecule has 29 heavy (non-hydrogen) atoms. The Morgan fingerprint density at radius 2 is 2.00 bits per heavy atom. The van der Waals surface area contributed by atoms with Gasteiger partial charge in [0.2, 0.25) is 5.91 Å². The number of rotatable bonds is 2. The lowest BCUT2D eigenvalue weighted by atomic mass is 9.90. The van der Waals surface area contributed by atoms with Crippen molar-refractivity contribution in [3.05, 3.63) is 18.1 Å². The van der Waals surface area contributed by atoms with Crippen LogP contribution < -0.4 is 4.90 Å². The largest absolute Gasteiger partial charge is 0.440 e. The minimum atomic E-state index is -0.478. The summed E-state index contributed by atoms with van der Waals surface area (Å²) in [6.07, 6.45) is 6.30. The topological polar surface area (TPSA) is 84.9 Å². The highest BCUT2D eigenvalue weighted by Gasteiger charge is 2.47. The molecule has 1 atom stereocenters. The Morgan fingerprint density at radius 1 is 1.24 bits per heavy atom. The van der Waals surface area contributed by atoms with Crippen LogP contribution in [0, 0.1) is 5.41 Å². The van der Waals surface area contributed by atoms with E-state index in [9.17, 15) is 9.59 Å². The van der Waals surface area contributed by atoms with Crippen molar-refractivity contribution in [2.24, 2.45) is 5.41 Å². The van der Waals surface area contributed by atoms with Gasteiger partial charge in [0.15, 0.2) is 5.82 Å². The van der Waals surface area contributed by atoms with Crippen LogP contribution in [0.2, 0.25) is 0 Å². The van der Waals surface area contributed by atoms with Gasteiger partial charge >= 0.3 is 6.09 Å². The Labute approximate surface area is 171 Å². The maximum atomic E-state index is 12.7. The van der Waals surface area contributed by atoms with Gasteiger partial charge in [-0.1, -0.05) is 20.8 Å². The summed E-state index contributed by atoms with van der Waals surface area (Å²) in [5, 5.41) is 0. The SMILES string of the molecule is CC(C)(C)C(=O)N1CCCC(c2cncc(N3CC4(CCOCC4)OC3=O)n2)C1. The molecule has 158 valence electrons. The normalized spacial score (nSPS) is 24.7. The average Bonchev–Trinajstić information content (AvgIpc) is 3.03. The van der Waals surface area contributed by atoms with Gasteiger partial charge in [0.05, 0.1) is 31.6 Å². The molecule has 4 heterocycles. The van der Waals surface area contributed by atoms with E-state index >= 15 is 0 Å². The molecule has 0 aliphatic carbocycles. The van der Waals surface area contributed by atoms with Crippen LogP contribution in [0.3, 0.4) is 0 Å². The third-order valence-corrected chi connectivity index (χ3v) is 6.06. The smallest absolute Gasteiger partial charge is 0.416 e. The summed E-state index contributed by atoms with van der Waals surface area (Å²) in [6.45, 7) is 8.95. The first-order chi connectivity index (χ1) is 13.8. The second kappa shape index (κ2) is 7.55. The van der Waals surface area contributed by atoms with Crippen molar-refractivity contribution in [2.45, 2.75) is 58.0 Å². The van der Waals surface area contributed by atoms with Gasteiger partial charge in [0.25, 0.3) is 0 Å². The first kappa shape index (κ1) is 20.1. The lowest BCUT2D eigenvalue weighted by Crippen LogP contribution is -2.44. The lowest BCUT2D eigenvalue weighted by Gasteiger charge is -2.36. The highest BCUT2D eigenvalue weighted by molar-refractivity contribution is 5.89. The summed E-state index contributed by atoms with van der Waals surface area (Å²) in [5.41, 5.74) is -0.0461. The van der Waals surface area contributed by atoms with E-state index in [0.717, 1.165) is 25.1 Å². The van der Waals surface area contributed by atoms with Crippen molar-refractivity contribution in [3.63, 3.8) is 0 Å². The molecular weight excluding hydrogens is 372 g/mol. The molecule has 3 aliphatic rings. The highest BCUT2D eigenvalue weighted by Crippen LogP contribution is 2.35. The summed E-state index contributed by atoms with van der Waals surface area (Å²) in [5.74, 6) is 0.809. The van der Waals surface area contributed by atoms with Crippen molar-refractivity contribution < 1.29 is 19.1 Å². The predicted molar refractivity (Wildman–Crippen MR) is 107 cm³/mol. The second-order valence-corrected chi connectivity index (χ2v) is 9.39. The summed E-state index contributed by atoms with van der Waals surface area (Å²) in [4.78, 5) is 37.9. The summed E-state index contributed by atoms with van der Waals surface area (Å²) in [7, 11) is 0. The van der Waals surface area contributed by atoms with E-state index < -0.39 is 11.0 Å². The summed E-state index contributed by atoms with van der Waals surface area (Å²) in [6, 6.07) is 0. The monoisotopic (exact) mass is 402 g/mol. The second-order valence-electron chi connectivity index (χ2n) is 9.39. The molecule has 0 aromatic carbocycles. The zero-order valence-corrected chi connectivity index (χ0v) is 17.5. The predicted octanol–water partition coefficient (Wildman–Crippen LogP) is 2.73. The number of likely N-dealkylation sites (tertiary alicyclic amines) is 1. The van der Waals surface area contributed by atoms with Gasteiger partial charge in [-0.05, 0) is 12.8 Å². The number of hydrogen-bond acceptors (Lipinski definition) is 6. The molecule has 8 nitrogen and oxygen atoms in total. The van der Waals surface area contributed by atoms with Crippen LogP contribution in [0.4, 0.5) is 10.6 Å². The van der Waals surface area contributed by atoms with Crippen LogP contribution in [0.1, 0.15) is 58.1 Å². The van der Waals surface area contributed by atoms with E-state index in [1.807, 2.05) is 25.7 Å². The standard InChI is InChI=1S/C21H30N4O4/c1-20(2,3)18(26)24-8-4-5-15(13-24)16-11-22-12-17(23-16)25-14-21(29-19(25)27)6-9-28-10-7-21/h11-12,15H,4-10,13-14H2,1-3H3. The number of ether oxygens (including phenoxy) is 2. The molecule has 3 fully saturated rings. The van der Waals surface area contributed by atoms with Gasteiger partial charge in [-0.2, -0.15) is 0 Å². The zero-order chi connectivity index (χ0) is 20.6. The van der Waals surface area contributed by atoms with E-state index in [2.05, 4.69) is 4.98 Å². The van der Waals surface area contributed by atoms with Crippen molar-refractivity contribution >= 4 is 17.8 Å². The summed E-state index contributed by atoms with van der Waals surface area (Å²) >= 11 is 0. The number of hydrogen-bond donors (Lipinski definition) is 0. The first-order valence-electron chi connectivity index (χ1n) is 10.5. The molecule has 3 aliphatic heterocycles. The number of anilines is 1. The van der Waals surface area contributed by atoms with Crippen LogP contribution in [0.15, 0.2) is 12.4 Å². The average molecular weight is 402 g/mol. The molecule has 1 aromatic heterocycles. The Kier molecular flexibility index (Phi) is 5.23. The van der Waals surface area contributed by atoms with Gasteiger partial charge in [-0.15, -0.1) is 0 Å². The van der Waals surface area contributed by atoms with Crippen molar-refractivity contribution in [1.82, 2.24) is 14.9 Å². The van der Waals surface area contributed by atoms with E-state index in [1.165, 1.54) is 0 Å². The lowest BCUT2D eigenvalue weighted by molar-refractivity contribution is -0.140. The Hall–Kier alpha value is -2.22. The molecule has 3 saturated heterocycles. The molecule has 1 spiro atoms. The van der Waals surface area contributed by atoms with Crippen LogP contribution in [0.25, 0.3) is 0 Å². The van der Waals surface area contributed by atoms with E-state index in [1.54, 1.807) is 17.3 Å². The van der Waals surface area contributed by atoms with Crippen LogP contribution in [-0.2, 0) is 14.3 Å². The van der Waals surface area contributed by atoms with Crippen molar-refractivity contribution in [1.29, 1.82) is 0 Å². The quantitative estimate of drug-likeness (QED) is 0.756. The number of carbonyl (C=O) groups is 2. The van der Waals surface area contributed by atoms with Gasteiger partial charge in [0.1, 0.15) is 5.60 Å². The molecule has 0 bridgehead atoms. The fraction of sp³-hybridized carbons (Fsp3) is 0.714. The van der Waals surface area contributed by atoms with Gasteiger partial charge in [-0.25, -0.2) is 9.78 Å². The van der Waals surface area contributed by atoms with E-state index in [0.29, 0.717) is 45.0 Å². The highest BCUT2D eigenvalue weighted by atomic mass is 16.6. The minimum absolute atomic E-state index is 0.123. The van der Waals surface area contributed by atoms with Crippen molar-refractivity contribution in [3.8, 4) is 0 Å². The maximum absolute atomic E-state index is 12.7. The van der Waals surface area contributed by atoms with Crippen molar-refractivity contribution in [2.75, 3.05) is 37.7 Å². The Morgan fingerprint density at radius 3 is 2.72 bits per heavy atom. The number of piperidine rings is 1. The molecule has 4 rings (SSSR count). The molecule has 1 aromatic rings. The Balaban J connectivity index is 1.50. The minimum Gasteiger partial charge on any atom is -0.440 e. The fourth-order valence-corrected chi connectivity index (χ4v) is 4.38. The number of nitrogens with zero attached hydrogens (tertiary/aromatic N) is 4. The van der Waals surface area contributed by atoms with Crippen LogP contribution in [0.5, 0.6) is 0 Å². The fourth-order valence-electron chi connectivity index (χ4n) is 4.38. The number of amides is 2. The molecule has 8 heteroatoms.